The molecule has 3 N–H and O–H groups in total. The fourth-order valence-electron chi connectivity index (χ4n) is 1.48. The molecule has 1 amide bonds. The van der Waals surface area contributed by atoms with Crippen molar-refractivity contribution in [2.24, 2.45) is 0 Å². The van der Waals surface area contributed by atoms with Crippen molar-refractivity contribution in [3.63, 3.8) is 0 Å². The van der Waals surface area contributed by atoms with Crippen LogP contribution in [-0.2, 0) is 11.3 Å². The molecular formula is C14H21N3O3. The van der Waals surface area contributed by atoms with Gasteiger partial charge in [0.25, 0.3) is 0 Å². The van der Waals surface area contributed by atoms with Crippen molar-refractivity contribution >= 4 is 11.9 Å². The Hall–Kier alpha value is -1.95. The fourth-order valence-corrected chi connectivity index (χ4v) is 1.48. The minimum absolute atomic E-state index is 0.0837. The van der Waals surface area contributed by atoms with E-state index in [4.69, 9.17) is 5.11 Å². The molecule has 1 aromatic heterocycles. The molecule has 110 valence electrons. The summed E-state index contributed by atoms with van der Waals surface area (Å²) in [5.41, 5.74) is 0.562. The normalized spacial score (nSPS) is 12.8. The van der Waals surface area contributed by atoms with Crippen molar-refractivity contribution in [3.05, 3.63) is 29.6 Å². The van der Waals surface area contributed by atoms with Crippen LogP contribution < -0.4 is 10.6 Å². The zero-order valence-electron chi connectivity index (χ0n) is 12.2. The van der Waals surface area contributed by atoms with Crippen LogP contribution in [0, 0.1) is 0 Å². The van der Waals surface area contributed by atoms with Gasteiger partial charge in [-0.25, -0.2) is 4.79 Å². The molecule has 0 bridgehead atoms. The number of carboxylic acid groups (broad SMARTS) is 1. The number of hydrogen-bond acceptors (Lipinski definition) is 4. The average molecular weight is 279 g/mol. The number of amides is 1. The van der Waals surface area contributed by atoms with Crippen LogP contribution in [-0.4, -0.2) is 33.5 Å². The van der Waals surface area contributed by atoms with Crippen LogP contribution in [0.1, 0.15) is 43.7 Å². The largest absolute Gasteiger partial charge is 0.478 e. The summed E-state index contributed by atoms with van der Waals surface area (Å²) in [6, 6.07) is 2.77. The predicted octanol–water partition coefficient (Wildman–Crippen LogP) is 1.17. The highest BCUT2D eigenvalue weighted by Gasteiger charge is 2.18. The zero-order chi connectivity index (χ0) is 15.3. The molecule has 1 atom stereocenters. The third kappa shape index (κ3) is 5.36. The van der Waals surface area contributed by atoms with Crippen molar-refractivity contribution in [1.29, 1.82) is 0 Å². The third-order valence-electron chi connectivity index (χ3n) is 2.55. The van der Waals surface area contributed by atoms with Gasteiger partial charge in [0.1, 0.15) is 0 Å². The van der Waals surface area contributed by atoms with Crippen LogP contribution in [0.2, 0.25) is 0 Å². The summed E-state index contributed by atoms with van der Waals surface area (Å²) >= 11 is 0. The van der Waals surface area contributed by atoms with Crippen molar-refractivity contribution in [1.82, 2.24) is 15.6 Å². The highest BCUT2D eigenvalue weighted by atomic mass is 16.4. The molecule has 0 fully saturated rings. The Labute approximate surface area is 118 Å². The van der Waals surface area contributed by atoms with Crippen LogP contribution in [0.3, 0.4) is 0 Å². The lowest BCUT2D eigenvalue weighted by Gasteiger charge is -2.23. The van der Waals surface area contributed by atoms with E-state index in [1.165, 1.54) is 12.3 Å². The second kappa shape index (κ2) is 6.47. The maximum absolute atomic E-state index is 11.9. The van der Waals surface area contributed by atoms with Gasteiger partial charge in [-0.05, 0) is 39.8 Å². The first-order chi connectivity index (χ1) is 9.19. The van der Waals surface area contributed by atoms with Gasteiger partial charge in [-0.15, -0.1) is 0 Å². The maximum Gasteiger partial charge on any atom is 0.337 e. The molecule has 6 heteroatoms. The first kappa shape index (κ1) is 16.1. The quantitative estimate of drug-likeness (QED) is 0.752. The van der Waals surface area contributed by atoms with Gasteiger partial charge in [-0.3, -0.25) is 9.78 Å². The summed E-state index contributed by atoms with van der Waals surface area (Å²) in [5.74, 6) is -1.09. The number of nitrogens with zero attached hydrogens (tertiary/aromatic N) is 1. The number of aromatic nitrogens is 1. The highest BCUT2D eigenvalue weighted by Crippen LogP contribution is 2.02. The van der Waals surface area contributed by atoms with Gasteiger partial charge in [0.05, 0.1) is 17.3 Å². The van der Waals surface area contributed by atoms with Crippen LogP contribution in [0.15, 0.2) is 18.3 Å². The van der Waals surface area contributed by atoms with E-state index in [1.807, 2.05) is 20.8 Å². The molecule has 0 aliphatic carbocycles. The fraction of sp³-hybridized carbons (Fsp3) is 0.500. The van der Waals surface area contributed by atoms with E-state index in [-0.39, 0.29) is 23.1 Å². The summed E-state index contributed by atoms with van der Waals surface area (Å²) in [7, 11) is 0. The SMILES string of the molecule is CC(NCc1ccc(C(=O)O)cn1)C(=O)NC(C)(C)C. The number of nitrogens with one attached hydrogen (secondary N) is 2. The summed E-state index contributed by atoms with van der Waals surface area (Å²) in [6.45, 7) is 7.93. The number of aromatic carboxylic acids is 1. The number of pyridine rings is 1. The first-order valence-electron chi connectivity index (χ1n) is 6.42. The van der Waals surface area contributed by atoms with E-state index in [0.29, 0.717) is 12.2 Å². The summed E-state index contributed by atoms with van der Waals surface area (Å²) in [5, 5.41) is 14.7. The molecular weight excluding hydrogens is 258 g/mol. The van der Waals surface area contributed by atoms with E-state index in [9.17, 15) is 9.59 Å². The Kier molecular flexibility index (Phi) is 5.21. The molecule has 0 aromatic carbocycles. The Morgan fingerprint density at radius 2 is 2.00 bits per heavy atom. The molecule has 1 unspecified atom stereocenters. The molecule has 0 spiro atoms. The smallest absolute Gasteiger partial charge is 0.337 e. The molecule has 1 aromatic rings. The van der Waals surface area contributed by atoms with Crippen molar-refractivity contribution in [2.75, 3.05) is 0 Å². The Balaban J connectivity index is 2.50. The molecule has 6 nitrogen and oxygen atoms in total. The van der Waals surface area contributed by atoms with E-state index in [2.05, 4.69) is 15.6 Å². The second-order valence-electron chi connectivity index (χ2n) is 5.69. The van der Waals surface area contributed by atoms with E-state index < -0.39 is 5.97 Å². The van der Waals surface area contributed by atoms with Gasteiger partial charge >= 0.3 is 5.97 Å². The highest BCUT2D eigenvalue weighted by molar-refractivity contribution is 5.87. The summed E-state index contributed by atoms with van der Waals surface area (Å²) in [4.78, 5) is 26.6. The molecule has 0 aliphatic rings. The average Bonchev–Trinajstić information content (AvgIpc) is 2.34. The van der Waals surface area contributed by atoms with Crippen LogP contribution in [0.4, 0.5) is 0 Å². The molecule has 20 heavy (non-hydrogen) atoms. The minimum atomic E-state index is -1.00. The molecule has 0 saturated heterocycles. The lowest BCUT2D eigenvalue weighted by atomic mass is 10.1. The van der Waals surface area contributed by atoms with Crippen molar-refractivity contribution in [2.45, 2.75) is 45.8 Å². The van der Waals surface area contributed by atoms with Crippen LogP contribution >= 0.6 is 0 Å². The number of carbonyl (C=O) groups is 2. The number of rotatable bonds is 5. The van der Waals surface area contributed by atoms with E-state index in [1.54, 1.807) is 13.0 Å². The van der Waals surface area contributed by atoms with Gasteiger partial charge in [0, 0.05) is 18.3 Å². The molecule has 1 rings (SSSR count). The predicted molar refractivity (Wildman–Crippen MR) is 75.4 cm³/mol. The maximum atomic E-state index is 11.9. The summed E-state index contributed by atoms with van der Waals surface area (Å²) < 4.78 is 0. The van der Waals surface area contributed by atoms with Gasteiger partial charge in [-0.1, -0.05) is 0 Å². The molecule has 0 aliphatic heterocycles. The third-order valence-corrected chi connectivity index (χ3v) is 2.55. The number of carbonyl (C=O) groups excluding carboxylic acids is 1. The topological polar surface area (TPSA) is 91.3 Å². The number of carboxylic acids is 1. The lowest BCUT2D eigenvalue weighted by Crippen LogP contribution is -2.49. The van der Waals surface area contributed by atoms with E-state index in [0.717, 1.165) is 0 Å². The molecule has 0 radical (unpaired) electrons. The van der Waals surface area contributed by atoms with Gasteiger partial charge in [-0.2, -0.15) is 0 Å². The zero-order valence-corrected chi connectivity index (χ0v) is 12.2. The van der Waals surface area contributed by atoms with Crippen LogP contribution in [0.25, 0.3) is 0 Å². The molecule has 1 heterocycles. The van der Waals surface area contributed by atoms with Gasteiger partial charge in [0.15, 0.2) is 0 Å². The van der Waals surface area contributed by atoms with Crippen LogP contribution in [0.5, 0.6) is 0 Å². The first-order valence-corrected chi connectivity index (χ1v) is 6.42. The van der Waals surface area contributed by atoms with E-state index >= 15 is 0 Å². The summed E-state index contributed by atoms with van der Waals surface area (Å²) in [6.07, 6.45) is 1.30. The van der Waals surface area contributed by atoms with Crippen molar-refractivity contribution < 1.29 is 14.7 Å². The Morgan fingerprint density at radius 1 is 1.35 bits per heavy atom. The standard InChI is InChI=1S/C14H21N3O3/c1-9(12(18)17-14(2,3)4)15-8-11-6-5-10(7-16-11)13(19)20/h5-7,9,15H,8H2,1-4H3,(H,17,18)(H,19,20). The Morgan fingerprint density at radius 3 is 2.45 bits per heavy atom. The van der Waals surface area contributed by atoms with Crippen molar-refractivity contribution in [3.8, 4) is 0 Å². The second-order valence-corrected chi connectivity index (χ2v) is 5.69. The minimum Gasteiger partial charge on any atom is -0.478 e. The Bertz CT molecular complexity index is 477. The monoisotopic (exact) mass is 279 g/mol. The molecule has 0 saturated carbocycles. The number of hydrogen-bond donors (Lipinski definition) is 3. The van der Waals surface area contributed by atoms with Gasteiger partial charge in [0.2, 0.25) is 5.91 Å². The lowest BCUT2D eigenvalue weighted by molar-refractivity contribution is -0.124. The van der Waals surface area contributed by atoms with Gasteiger partial charge < -0.3 is 15.7 Å².